The number of carbonyl (C=O) groups is 7. The zero-order valence-electron chi connectivity index (χ0n) is 46.5. The summed E-state index contributed by atoms with van der Waals surface area (Å²) in [6.45, 7) is 52.2. The lowest BCUT2D eigenvalue weighted by atomic mass is 9.59. The number of hydrogen-bond acceptors (Lipinski definition) is 8. The Morgan fingerprint density at radius 1 is 0.493 bits per heavy atom. The number of urea groups is 1. The Bertz CT molecular complexity index is 1780. The highest BCUT2D eigenvalue weighted by Crippen LogP contribution is 2.51. The molecule has 5 rings (SSSR count). The van der Waals surface area contributed by atoms with Gasteiger partial charge in [-0.05, 0) is 63.1 Å². The molecule has 14 heteroatoms. The minimum Gasteiger partial charge on any atom is -0.356 e. The maximum absolute atomic E-state index is 11.9. The molecule has 5 aliphatic rings. The SMILES string of the molecule is CC(C)C1(C(C)(C)C)C=CNC1=O.CC(C)C1(C(C)(C)C)CC(=O)NC1=O.CC(C)C1(C(C)(C)C)CCNC1=O.CC(C)C1(C(C)(C)C)N=CNC1=O.CC(C)C1(C(C)(C)C)NC(=O)NC1=O. The summed E-state index contributed by atoms with van der Waals surface area (Å²) in [5, 5.41) is 15.9. The minimum absolute atomic E-state index is 0.0231. The second-order valence-corrected chi connectivity index (χ2v) is 25.9. The third kappa shape index (κ3) is 11.3. The van der Waals surface area contributed by atoms with Crippen molar-refractivity contribution in [1.82, 2.24) is 31.9 Å². The van der Waals surface area contributed by atoms with Gasteiger partial charge >= 0.3 is 6.03 Å². The van der Waals surface area contributed by atoms with Crippen LogP contribution in [0, 0.1) is 72.9 Å². The maximum Gasteiger partial charge on any atom is 0.322 e. The zero-order chi connectivity index (χ0) is 53.1. The number of aliphatic imine (C=N–C) groups is 1. The summed E-state index contributed by atoms with van der Waals surface area (Å²) >= 11 is 0. The van der Waals surface area contributed by atoms with E-state index in [2.05, 4.69) is 127 Å². The number of nitrogens with zero attached hydrogens (tertiary/aromatic N) is 1. The van der Waals surface area contributed by atoms with Crippen LogP contribution in [-0.4, -0.2) is 65.4 Å². The standard InChI is InChI=1S/C11H19NO2.C11H21NO.C11H19NO.C10H18N2O2.C10H18N2O/c1-7(2)11(10(3,4)5)6-8(13)12-9(11)14;2*1-8(2)11(10(3,4)5)6-7-12-9(11)13;1-6(2)10(9(3,4)5)7(13)11-8(14)12-10;1-7(2)10(9(3,4)5)8(13)11-6-12-10/h7H,6H2,1-5H3,(H,12,13,14);8H,6-7H2,1-5H3,(H,12,13);6-8H,1-5H3,(H,12,13);6H,1-5H3,(H2,11,12,13,14);6-7H,1-5H3,(H,11,12,13). The fourth-order valence-electron chi connectivity index (χ4n) is 12.1. The van der Waals surface area contributed by atoms with E-state index in [1.165, 1.54) is 6.34 Å². The first kappa shape index (κ1) is 60.9. The molecule has 0 aromatic carbocycles. The summed E-state index contributed by atoms with van der Waals surface area (Å²) in [6, 6.07) is -0.390. The van der Waals surface area contributed by atoms with Gasteiger partial charge in [0.2, 0.25) is 23.6 Å². The Morgan fingerprint density at radius 3 is 1.13 bits per heavy atom. The largest absolute Gasteiger partial charge is 0.356 e. The molecule has 67 heavy (non-hydrogen) atoms. The summed E-state index contributed by atoms with van der Waals surface area (Å²) in [5.74, 6) is 1.13. The summed E-state index contributed by atoms with van der Waals surface area (Å²) in [5.41, 5.74) is -3.01. The lowest BCUT2D eigenvalue weighted by Gasteiger charge is -2.42. The number of carbonyl (C=O) groups excluding carboxylic acids is 7. The molecule has 0 saturated carbocycles. The molecule has 0 aromatic heterocycles. The van der Waals surface area contributed by atoms with Crippen LogP contribution >= 0.6 is 0 Å². The Morgan fingerprint density at radius 2 is 0.985 bits per heavy atom. The van der Waals surface area contributed by atoms with Crippen molar-refractivity contribution in [2.75, 3.05) is 6.54 Å². The smallest absolute Gasteiger partial charge is 0.322 e. The van der Waals surface area contributed by atoms with E-state index < -0.39 is 22.5 Å². The van der Waals surface area contributed by atoms with E-state index in [1.54, 1.807) is 6.20 Å². The fraction of sp³-hybridized carbons (Fsp3) is 0.811. The van der Waals surface area contributed by atoms with Gasteiger partial charge in [0, 0.05) is 19.2 Å². The Kier molecular flexibility index (Phi) is 19.0. The number of hydrogen-bond donors (Lipinski definition) is 6. The normalized spacial score (nSPS) is 28.5. The molecule has 0 radical (unpaired) electrons. The van der Waals surface area contributed by atoms with Crippen LogP contribution < -0.4 is 31.9 Å². The average Bonchev–Trinajstić information content (AvgIpc) is 3.94. The van der Waals surface area contributed by atoms with E-state index >= 15 is 0 Å². The van der Waals surface area contributed by atoms with Gasteiger partial charge in [-0.1, -0.05) is 179 Å². The van der Waals surface area contributed by atoms with Crippen molar-refractivity contribution in [1.29, 1.82) is 0 Å². The second-order valence-electron chi connectivity index (χ2n) is 25.9. The molecular weight excluding hydrogens is 847 g/mol. The summed E-state index contributed by atoms with van der Waals surface area (Å²) in [6.07, 6.45) is 6.61. The third-order valence-corrected chi connectivity index (χ3v) is 15.8. The van der Waals surface area contributed by atoms with Gasteiger partial charge in [-0.15, -0.1) is 0 Å². The van der Waals surface area contributed by atoms with E-state index in [-0.39, 0.29) is 91.1 Å². The first-order chi connectivity index (χ1) is 29.9. The molecule has 5 aliphatic heterocycles. The van der Waals surface area contributed by atoms with Crippen molar-refractivity contribution in [3.05, 3.63) is 12.3 Å². The molecule has 8 amide bonds. The van der Waals surface area contributed by atoms with Crippen molar-refractivity contribution < 1.29 is 33.6 Å². The first-order valence-electron chi connectivity index (χ1n) is 24.5. The van der Waals surface area contributed by atoms with Crippen LogP contribution in [0.4, 0.5) is 4.79 Å². The average molecular weight is 942 g/mol. The lowest BCUT2D eigenvalue weighted by Crippen LogP contribution is -2.60. The van der Waals surface area contributed by atoms with Crippen LogP contribution in [0.15, 0.2) is 17.3 Å². The van der Waals surface area contributed by atoms with E-state index in [0.717, 1.165) is 13.0 Å². The van der Waals surface area contributed by atoms with E-state index in [0.29, 0.717) is 18.3 Å². The minimum atomic E-state index is -0.788. The Balaban J connectivity index is 0.000000419. The highest BCUT2D eigenvalue weighted by molar-refractivity contribution is 6.08. The lowest BCUT2D eigenvalue weighted by molar-refractivity contribution is -0.137. The number of rotatable bonds is 5. The van der Waals surface area contributed by atoms with Gasteiger partial charge in [-0.3, -0.25) is 44.4 Å². The second kappa shape index (κ2) is 20.9. The van der Waals surface area contributed by atoms with E-state index in [4.69, 9.17) is 0 Å². The van der Waals surface area contributed by atoms with E-state index in [1.807, 2.05) is 89.2 Å². The predicted octanol–water partition coefficient (Wildman–Crippen LogP) is 9.09. The molecule has 5 atom stereocenters. The Labute approximate surface area is 405 Å². The molecule has 5 heterocycles. The number of imide groups is 2. The molecule has 0 aliphatic carbocycles. The maximum atomic E-state index is 11.9. The molecule has 14 nitrogen and oxygen atoms in total. The number of nitrogens with one attached hydrogen (secondary N) is 6. The zero-order valence-corrected chi connectivity index (χ0v) is 46.5. The number of amides is 8. The quantitative estimate of drug-likeness (QED) is 0.116. The van der Waals surface area contributed by atoms with Gasteiger partial charge in [-0.2, -0.15) is 0 Å². The molecule has 6 N–H and O–H groups in total. The van der Waals surface area contributed by atoms with Crippen molar-refractivity contribution in [3.63, 3.8) is 0 Å². The first-order valence-corrected chi connectivity index (χ1v) is 24.5. The highest BCUT2D eigenvalue weighted by atomic mass is 16.2. The van der Waals surface area contributed by atoms with Crippen LogP contribution in [0.1, 0.15) is 186 Å². The predicted molar refractivity (Wildman–Crippen MR) is 270 cm³/mol. The van der Waals surface area contributed by atoms with Crippen LogP contribution in [-0.2, 0) is 28.8 Å². The van der Waals surface area contributed by atoms with Crippen LogP contribution in [0.3, 0.4) is 0 Å². The molecular formula is C53H95N7O7. The molecule has 0 spiro atoms. The summed E-state index contributed by atoms with van der Waals surface area (Å²) < 4.78 is 0. The Hall–Kier alpha value is -4.10. The summed E-state index contributed by atoms with van der Waals surface area (Å²) in [7, 11) is 0. The molecule has 5 unspecified atom stereocenters. The molecule has 384 valence electrons. The molecule has 0 aromatic rings. The van der Waals surface area contributed by atoms with Gasteiger partial charge in [0.1, 0.15) is 11.1 Å². The monoisotopic (exact) mass is 942 g/mol. The highest BCUT2D eigenvalue weighted by Gasteiger charge is 2.58. The van der Waals surface area contributed by atoms with Crippen molar-refractivity contribution in [2.24, 2.45) is 77.9 Å². The fourth-order valence-corrected chi connectivity index (χ4v) is 12.1. The van der Waals surface area contributed by atoms with Gasteiger partial charge < -0.3 is 21.3 Å². The topological polar surface area (TPSA) is 204 Å². The van der Waals surface area contributed by atoms with Crippen molar-refractivity contribution in [2.45, 2.75) is 197 Å². The van der Waals surface area contributed by atoms with Crippen LogP contribution in [0.25, 0.3) is 0 Å². The van der Waals surface area contributed by atoms with Gasteiger partial charge in [0.15, 0.2) is 0 Å². The summed E-state index contributed by atoms with van der Waals surface area (Å²) in [4.78, 5) is 85.9. The van der Waals surface area contributed by atoms with Gasteiger partial charge in [0.05, 0.1) is 22.6 Å². The van der Waals surface area contributed by atoms with E-state index in [9.17, 15) is 33.6 Å². The van der Waals surface area contributed by atoms with Crippen LogP contribution in [0.5, 0.6) is 0 Å². The molecule has 3 saturated heterocycles. The molecule has 3 fully saturated rings. The van der Waals surface area contributed by atoms with Gasteiger partial charge in [0.25, 0.3) is 11.8 Å². The van der Waals surface area contributed by atoms with Crippen molar-refractivity contribution in [3.8, 4) is 0 Å². The van der Waals surface area contributed by atoms with Crippen LogP contribution in [0.2, 0.25) is 0 Å². The van der Waals surface area contributed by atoms with Gasteiger partial charge in [-0.25, -0.2) is 4.79 Å². The van der Waals surface area contributed by atoms with Crippen molar-refractivity contribution >= 4 is 47.8 Å². The third-order valence-electron chi connectivity index (χ3n) is 15.8. The molecule has 0 bridgehead atoms.